The number of nitrogen functional groups attached to an aromatic ring is 1. The zero-order chi connectivity index (χ0) is 15.2. The molecule has 2 aromatic rings. The maximum atomic E-state index is 6.07. The number of hydrogen-bond acceptors (Lipinski definition) is 3. The quantitative estimate of drug-likeness (QED) is 0.669. The van der Waals surface area contributed by atoms with E-state index in [0.717, 1.165) is 28.2 Å². The number of ether oxygens (including phenoxy) is 1. The first-order chi connectivity index (χ1) is 10.2. The minimum Gasteiger partial charge on any atom is -0.497 e. The monoisotopic (exact) mass is 280 g/mol. The summed E-state index contributed by atoms with van der Waals surface area (Å²) in [4.78, 5) is 4.58. The maximum absolute atomic E-state index is 6.07. The standard InChI is InChI=1S/C18H20N2O/c1-4-20-18(16-7-5-6-8-17(16)19)13(2)14-9-11-15(21-3)12-10-14/h5-12H,2,4,19H2,1,3H3. The van der Waals surface area contributed by atoms with Crippen molar-refractivity contribution in [2.75, 3.05) is 19.4 Å². The molecule has 3 heteroatoms. The lowest BCUT2D eigenvalue weighted by Crippen LogP contribution is -2.07. The molecule has 0 aromatic heterocycles. The topological polar surface area (TPSA) is 47.6 Å². The number of allylic oxidation sites excluding steroid dienone is 1. The van der Waals surface area contributed by atoms with E-state index in [0.29, 0.717) is 12.2 Å². The minimum atomic E-state index is 0.679. The lowest BCUT2D eigenvalue weighted by atomic mass is 9.96. The Balaban J connectivity index is 2.41. The number of nitrogens with two attached hydrogens (primary N) is 1. The van der Waals surface area contributed by atoms with Gasteiger partial charge in [0.1, 0.15) is 5.75 Å². The smallest absolute Gasteiger partial charge is 0.118 e. The molecule has 0 aliphatic heterocycles. The molecule has 0 heterocycles. The third-order valence-corrected chi connectivity index (χ3v) is 3.26. The summed E-state index contributed by atoms with van der Waals surface area (Å²) in [6, 6.07) is 15.5. The Kier molecular flexibility index (Phi) is 4.77. The second-order valence-electron chi connectivity index (χ2n) is 4.62. The van der Waals surface area contributed by atoms with E-state index in [1.807, 2.05) is 55.5 Å². The van der Waals surface area contributed by atoms with Crippen LogP contribution in [0.15, 0.2) is 60.1 Å². The highest BCUT2D eigenvalue weighted by Crippen LogP contribution is 2.24. The third kappa shape index (κ3) is 3.31. The molecule has 3 nitrogen and oxygen atoms in total. The van der Waals surface area contributed by atoms with Crippen LogP contribution in [0.4, 0.5) is 5.69 Å². The van der Waals surface area contributed by atoms with Crippen molar-refractivity contribution in [3.63, 3.8) is 0 Å². The fourth-order valence-electron chi connectivity index (χ4n) is 2.14. The SMILES string of the molecule is C=C(C(=NCC)c1ccccc1N)c1ccc(OC)cc1. The number of aliphatic imine (C=N–C) groups is 1. The van der Waals surface area contributed by atoms with Gasteiger partial charge in [-0.1, -0.05) is 36.9 Å². The maximum Gasteiger partial charge on any atom is 0.118 e. The van der Waals surface area contributed by atoms with Gasteiger partial charge in [0.2, 0.25) is 0 Å². The molecule has 2 rings (SSSR count). The van der Waals surface area contributed by atoms with Gasteiger partial charge in [-0.2, -0.15) is 0 Å². The van der Waals surface area contributed by atoms with E-state index >= 15 is 0 Å². The Labute approximate surface area is 125 Å². The Bertz CT molecular complexity index is 657. The fourth-order valence-corrected chi connectivity index (χ4v) is 2.14. The van der Waals surface area contributed by atoms with Crippen LogP contribution in [0.5, 0.6) is 5.75 Å². The molecule has 0 amide bonds. The molecule has 0 bridgehead atoms. The van der Waals surface area contributed by atoms with E-state index in [9.17, 15) is 0 Å². The van der Waals surface area contributed by atoms with Gasteiger partial charge in [0.05, 0.1) is 12.8 Å². The van der Waals surface area contributed by atoms with Crippen molar-refractivity contribution in [2.24, 2.45) is 4.99 Å². The number of nitrogens with zero attached hydrogens (tertiary/aromatic N) is 1. The molecule has 0 unspecified atom stereocenters. The molecule has 0 spiro atoms. The van der Waals surface area contributed by atoms with Crippen molar-refractivity contribution < 1.29 is 4.74 Å². The predicted octanol–water partition coefficient (Wildman–Crippen LogP) is 3.80. The first-order valence-electron chi connectivity index (χ1n) is 6.90. The zero-order valence-corrected chi connectivity index (χ0v) is 12.5. The van der Waals surface area contributed by atoms with Crippen LogP contribution in [-0.2, 0) is 0 Å². The van der Waals surface area contributed by atoms with E-state index in [1.54, 1.807) is 7.11 Å². The Morgan fingerprint density at radius 2 is 1.81 bits per heavy atom. The summed E-state index contributed by atoms with van der Waals surface area (Å²) >= 11 is 0. The molecule has 0 aliphatic carbocycles. The van der Waals surface area contributed by atoms with Crippen molar-refractivity contribution >= 4 is 17.0 Å². The van der Waals surface area contributed by atoms with Crippen LogP contribution in [-0.4, -0.2) is 19.4 Å². The predicted molar refractivity (Wildman–Crippen MR) is 90.0 cm³/mol. The molecule has 0 radical (unpaired) electrons. The Morgan fingerprint density at radius 3 is 2.38 bits per heavy atom. The normalized spacial score (nSPS) is 11.2. The highest BCUT2D eigenvalue weighted by atomic mass is 16.5. The molecule has 2 N–H and O–H groups in total. The number of hydrogen-bond donors (Lipinski definition) is 1. The second-order valence-corrected chi connectivity index (χ2v) is 4.62. The molecular weight excluding hydrogens is 260 g/mol. The van der Waals surface area contributed by atoms with Crippen molar-refractivity contribution in [1.82, 2.24) is 0 Å². The van der Waals surface area contributed by atoms with Crippen LogP contribution in [0.3, 0.4) is 0 Å². The highest BCUT2D eigenvalue weighted by molar-refractivity contribution is 6.32. The molecule has 108 valence electrons. The summed E-state index contributed by atoms with van der Waals surface area (Å²) in [5.41, 5.74) is 10.4. The van der Waals surface area contributed by atoms with Crippen molar-refractivity contribution in [2.45, 2.75) is 6.92 Å². The number of rotatable bonds is 5. The van der Waals surface area contributed by atoms with Crippen molar-refractivity contribution in [3.05, 3.63) is 66.2 Å². The van der Waals surface area contributed by atoms with Gasteiger partial charge in [-0.05, 0) is 30.7 Å². The van der Waals surface area contributed by atoms with Gasteiger partial charge < -0.3 is 10.5 Å². The molecule has 0 fully saturated rings. The van der Waals surface area contributed by atoms with Gasteiger partial charge in [-0.25, -0.2) is 0 Å². The van der Waals surface area contributed by atoms with E-state index in [4.69, 9.17) is 10.5 Å². The average Bonchev–Trinajstić information content (AvgIpc) is 2.53. The van der Waals surface area contributed by atoms with Crippen LogP contribution in [0, 0.1) is 0 Å². The number of benzene rings is 2. The first-order valence-corrected chi connectivity index (χ1v) is 6.90. The van der Waals surface area contributed by atoms with Gasteiger partial charge in [0.25, 0.3) is 0 Å². The van der Waals surface area contributed by atoms with Gasteiger partial charge >= 0.3 is 0 Å². The molecule has 0 saturated carbocycles. The van der Waals surface area contributed by atoms with E-state index in [1.165, 1.54) is 0 Å². The largest absolute Gasteiger partial charge is 0.497 e. The van der Waals surface area contributed by atoms with Crippen LogP contribution in [0.25, 0.3) is 5.57 Å². The van der Waals surface area contributed by atoms with Crippen LogP contribution < -0.4 is 10.5 Å². The summed E-state index contributed by atoms with van der Waals surface area (Å²) in [5.74, 6) is 0.819. The summed E-state index contributed by atoms with van der Waals surface area (Å²) in [7, 11) is 1.65. The number of anilines is 1. The van der Waals surface area contributed by atoms with Crippen LogP contribution in [0.2, 0.25) is 0 Å². The molecular formula is C18H20N2O. The number of para-hydroxylation sites is 1. The summed E-state index contributed by atoms with van der Waals surface area (Å²) < 4.78 is 5.18. The van der Waals surface area contributed by atoms with Crippen molar-refractivity contribution in [1.29, 1.82) is 0 Å². The van der Waals surface area contributed by atoms with Crippen LogP contribution in [0.1, 0.15) is 18.1 Å². The molecule has 2 aromatic carbocycles. The van der Waals surface area contributed by atoms with E-state index in [-0.39, 0.29) is 0 Å². The lowest BCUT2D eigenvalue weighted by Gasteiger charge is -2.13. The second kappa shape index (κ2) is 6.75. The van der Waals surface area contributed by atoms with Gasteiger partial charge in [0.15, 0.2) is 0 Å². The molecule has 21 heavy (non-hydrogen) atoms. The summed E-state index contributed by atoms with van der Waals surface area (Å²) in [6.07, 6.45) is 0. The summed E-state index contributed by atoms with van der Waals surface area (Å²) in [6.45, 7) is 6.87. The van der Waals surface area contributed by atoms with E-state index < -0.39 is 0 Å². The third-order valence-electron chi connectivity index (χ3n) is 3.26. The Hall–Kier alpha value is -2.55. The fraction of sp³-hybridized carbons (Fsp3) is 0.167. The molecule has 0 saturated heterocycles. The molecule has 0 aliphatic rings. The minimum absolute atomic E-state index is 0.679. The average molecular weight is 280 g/mol. The lowest BCUT2D eigenvalue weighted by molar-refractivity contribution is 0.415. The molecule has 0 atom stereocenters. The van der Waals surface area contributed by atoms with Gasteiger partial charge in [-0.15, -0.1) is 0 Å². The number of methoxy groups -OCH3 is 1. The Morgan fingerprint density at radius 1 is 1.14 bits per heavy atom. The highest BCUT2D eigenvalue weighted by Gasteiger charge is 2.12. The van der Waals surface area contributed by atoms with Gasteiger partial charge in [-0.3, -0.25) is 4.99 Å². The first kappa shape index (κ1) is 14.9. The van der Waals surface area contributed by atoms with E-state index in [2.05, 4.69) is 11.6 Å². The van der Waals surface area contributed by atoms with Gasteiger partial charge in [0, 0.05) is 23.4 Å². The van der Waals surface area contributed by atoms with Crippen LogP contribution >= 0.6 is 0 Å². The zero-order valence-electron chi connectivity index (χ0n) is 12.5. The van der Waals surface area contributed by atoms with Crippen molar-refractivity contribution in [3.8, 4) is 5.75 Å². The summed E-state index contributed by atoms with van der Waals surface area (Å²) in [5, 5.41) is 0.